The summed E-state index contributed by atoms with van der Waals surface area (Å²) in [5.41, 5.74) is 1.54. The van der Waals surface area contributed by atoms with E-state index in [1.807, 2.05) is 0 Å². The molecule has 1 unspecified atom stereocenters. The standard InChI is InChI=1S/C27H44O3/c1-16(2)14-18(28)15-17(3)20-8-9-21-19-6-7-23-25(30)24(29)11-13-27(23,5)22(19)10-12-26(20,21)4/h7,16-17,19-22,24-25,29-30H,6,8-15H2,1-5H3/t17?,19-,20+,21-,22-,24-,25+,26+,27+/m0/s1. The first-order chi connectivity index (χ1) is 14.1. The summed E-state index contributed by atoms with van der Waals surface area (Å²) in [7, 11) is 0. The average molecular weight is 417 g/mol. The fourth-order valence-electron chi connectivity index (χ4n) is 8.73. The molecular weight excluding hydrogens is 372 g/mol. The summed E-state index contributed by atoms with van der Waals surface area (Å²) < 4.78 is 0. The molecule has 3 nitrogen and oxygen atoms in total. The molecule has 30 heavy (non-hydrogen) atoms. The maximum Gasteiger partial charge on any atom is 0.133 e. The molecule has 170 valence electrons. The lowest BCUT2D eigenvalue weighted by molar-refractivity contribution is -0.121. The van der Waals surface area contributed by atoms with Crippen LogP contribution in [0.1, 0.15) is 92.4 Å². The highest BCUT2D eigenvalue weighted by molar-refractivity contribution is 5.78. The summed E-state index contributed by atoms with van der Waals surface area (Å²) in [4.78, 5) is 12.5. The van der Waals surface area contributed by atoms with Gasteiger partial charge in [-0.05, 0) is 96.9 Å². The first-order valence-corrected chi connectivity index (χ1v) is 12.7. The van der Waals surface area contributed by atoms with E-state index in [-0.39, 0.29) is 5.41 Å². The van der Waals surface area contributed by atoms with Crippen molar-refractivity contribution >= 4 is 5.78 Å². The lowest BCUT2D eigenvalue weighted by Gasteiger charge is -2.59. The third kappa shape index (κ3) is 3.52. The maximum atomic E-state index is 12.5. The number of aliphatic hydroxyl groups is 2. The van der Waals surface area contributed by atoms with E-state index in [4.69, 9.17) is 0 Å². The third-order valence-corrected chi connectivity index (χ3v) is 10.1. The smallest absolute Gasteiger partial charge is 0.133 e. The molecule has 4 aliphatic rings. The summed E-state index contributed by atoms with van der Waals surface area (Å²) in [5, 5.41) is 20.9. The number of Topliss-reactive ketones (excluding diaryl/α,β-unsaturated/α-hetero) is 1. The lowest BCUT2D eigenvalue weighted by atomic mass is 9.46. The first-order valence-electron chi connectivity index (χ1n) is 12.7. The SMILES string of the molecule is CC(C)CC(=O)CC(C)[C@H]1CC[C@H]2[C@@H]3CC=C4[C@@H](O)[C@@H](O)CC[C@]4(C)[C@H]3CC[C@]12C. The highest BCUT2D eigenvalue weighted by Crippen LogP contribution is 2.67. The molecular formula is C27H44O3. The number of hydrogen-bond donors (Lipinski definition) is 2. The second-order valence-electron chi connectivity index (χ2n) is 12.3. The van der Waals surface area contributed by atoms with E-state index in [2.05, 4.69) is 40.7 Å². The fourth-order valence-corrected chi connectivity index (χ4v) is 8.73. The molecule has 9 atom stereocenters. The Bertz CT molecular complexity index is 696. The van der Waals surface area contributed by atoms with E-state index in [1.165, 1.54) is 25.7 Å². The molecule has 3 fully saturated rings. The first kappa shape index (κ1) is 22.5. The van der Waals surface area contributed by atoms with Gasteiger partial charge in [0.25, 0.3) is 0 Å². The van der Waals surface area contributed by atoms with Crippen molar-refractivity contribution in [3.8, 4) is 0 Å². The van der Waals surface area contributed by atoms with Crippen LogP contribution in [0, 0.1) is 46.3 Å². The molecule has 4 aliphatic carbocycles. The number of carbonyl (C=O) groups excluding carboxylic acids is 1. The minimum absolute atomic E-state index is 0.0554. The van der Waals surface area contributed by atoms with Gasteiger partial charge in [-0.15, -0.1) is 0 Å². The Morgan fingerprint density at radius 1 is 1.03 bits per heavy atom. The Balaban J connectivity index is 1.53. The highest BCUT2D eigenvalue weighted by atomic mass is 16.3. The second-order valence-corrected chi connectivity index (χ2v) is 12.3. The summed E-state index contributed by atoms with van der Waals surface area (Å²) in [6.07, 6.45) is 10.4. The number of ketones is 1. The summed E-state index contributed by atoms with van der Waals surface area (Å²) >= 11 is 0. The van der Waals surface area contributed by atoms with Crippen molar-refractivity contribution in [2.24, 2.45) is 46.3 Å². The molecule has 0 spiro atoms. The molecule has 4 rings (SSSR count). The Kier molecular flexibility index (Phi) is 6.03. The van der Waals surface area contributed by atoms with Gasteiger partial charge in [0.2, 0.25) is 0 Å². The largest absolute Gasteiger partial charge is 0.390 e. The molecule has 2 N–H and O–H groups in total. The van der Waals surface area contributed by atoms with Crippen LogP contribution in [0.25, 0.3) is 0 Å². The predicted molar refractivity (Wildman–Crippen MR) is 121 cm³/mol. The van der Waals surface area contributed by atoms with Gasteiger partial charge in [0.15, 0.2) is 0 Å². The van der Waals surface area contributed by atoms with Crippen LogP contribution in [-0.2, 0) is 4.79 Å². The number of allylic oxidation sites excluding steroid dienone is 1. The van der Waals surface area contributed by atoms with Crippen LogP contribution in [0.15, 0.2) is 11.6 Å². The van der Waals surface area contributed by atoms with Gasteiger partial charge in [0, 0.05) is 12.8 Å². The van der Waals surface area contributed by atoms with Crippen molar-refractivity contribution in [3.63, 3.8) is 0 Å². The second kappa shape index (κ2) is 8.03. The van der Waals surface area contributed by atoms with Gasteiger partial charge in [-0.3, -0.25) is 4.79 Å². The predicted octanol–water partition coefficient (Wildman–Crippen LogP) is 5.54. The average Bonchev–Trinajstić information content (AvgIpc) is 3.01. The number of aliphatic hydroxyl groups excluding tert-OH is 2. The number of hydrogen-bond acceptors (Lipinski definition) is 3. The number of rotatable bonds is 5. The summed E-state index contributed by atoms with van der Waals surface area (Å²) in [6.45, 7) is 11.5. The third-order valence-electron chi connectivity index (χ3n) is 10.1. The van der Waals surface area contributed by atoms with E-state index in [0.29, 0.717) is 40.8 Å². The van der Waals surface area contributed by atoms with Gasteiger partial charge in [-0.2, -0.15) is 0 Å². The molecule has 0 aromatic heterocycles. The van der Waals surface area contributed by atoms with Crippen LogP contribution in [-0.4, -0.2) is 28.2 Å². The molecule has 0 heterocycles. The molecule has 3 saturated carbocycles. The fraction of sp³-hybridized carbons (Fsp3) is 0.889. The normalized spacial score (nSPS) is 46.6. The Morgan fingerprint density at radius 3 is 2.47 bits per heavy atom. The van der Waals surface area contributed by atoms with Gasteiger partial charge in [-0.25, -0.2) is 0 Å². The Hall–Kier alpha value is -0.670. The quantitative estimate of drug-likeness (QED) is 0.579. The van der Waals surface area contributed by atoms with Crippen LogP contribution < -0.4 is 0 Å². The van der Waals surface area contributed by atoms with Crippen molar-refractivity contribution < 1.29 is 15.0 Å². The molecule has 0 radical (unpaired) electrons. The van der Waals surface area contributed by atoms with Gasteiger partial charge >= 0.3 is 0 Å². The van der Waals surface area contributed by atoms with E-state index in [1.54, 1.807) is 0 Å². The van der Waals surface area contributed by atoms with Crippen LogP contribution >= 0.6 is 0 Å². The van der Waals surface area contributed by atoms with Crippen molar-refractivity contribution in [1.29, 1.82) is 0 Å². The minimum atomic E-state index is -0.665. The minimum Gasteiger partial charge on any atom is -0.390 e. The molecule has 0 amide bonds. The zero-order chi connectivity index (χ0) is 21.8. The molecule has 3 heteroatoms. The highest BCUT2D eigenvalue weighted by Gasteiger charge is 2.60. The Labute approximate surface area is 183 Å². The lowest BCUT2D eigenvalue weighted by Crippen LogP contribution is -2.53. The summed E-state index contributed by atoms with van der Waals surface area (Å²) in [5.74, 6) is 4.13. The monoisotopic (exact) mass is 416 g/mol. The topological polar surface area (TPSA) is 57.5 Å². The van der Waals surface area contributed by atoms with Crippen molar-refractivity contribution in [2.45, 2.75) is 105 Å². The van der Waals surface area contributed by atoms with E-state index in [9.17, 15) is 15.0 Å². The van der Waals surface area contributed by atoms with Crippen molar-refractivity contribution in [1.82, 2.24) is 0 Å². The zero-order valence-electron chi connectivity index (χ0n) is 19.9. The van der Waals surface area contributed by atoms with Gasteiger partial charge in [-0.1, -0.05) is 40.7 Å². The van der Waals surface area contributed by atoms with Crippen molar-refractivity contribution in [2.75, 3.05) is 0 Å². The van der Waals surface area contributed by atoms with Gasteiger partial charge < -0.3 is 10.2 Å². The van der Waals surface area contributed by atoms with E-state index in [0.717, 1.165) is 43.6 Å². The van der Waals surface area contributed by atoms with E-state index >= 15 is 0 Å². The Morgan fingerprint density at radius 2 is 1.77 bits per heavy atom. The van der Waals surface area contributed by atoms with Crippen LogP contribution in [0.5, 0.6) is 0 Å². The van der Waals surface area contributed by atoms with Crippen LogP contribution in [0.4, 0.5) is 0 Å². The number of fused-ring (bicyclic) bond motifs is 5. The van der Waals surface area contributed by atoms with Crippen LogP contribution in [0.3, 0.4) is 0 Å². The van der Waals surface area contributed by atoms with Crippen LogP contribution in [0.2, 0.25) is 0 Å². The molecule has 0 bridgehead atoms. The maximum absolute atomic E-state index is 12.5. The van der Waals surface area contributed by atoms with Crippen molar-refractivity contribution in [3.05, 3.63) is 11.6 Å². The molecule has 0 aromatic carbocycles. The summed E-state index contributed by atoms with van der Waals surface area (Å²) in [6, 6.07) is 0. The molecule has 0 aromatic rings. The number of carbonyl (C=O) groups is 1. The molecule has 0 aliphatic heterocycles. The zero-order valence-corrected chi connectivity index (χ0v) is 19.9. The van der Waals surface area contributed by atoms with E-state index < -0.39 is 12.2 Å². The molecule has 0 saturated heterocycles. The van der Waals surface area contributed by atoms with Gasteiger partial charge in [0.05, 0.1) is 6.10 Å². The van der Waals surface area contributed by atoms with Gasteiger partial charge in [0.1, 0.15) is 11.9 Å².